The maximum atomic E-state index is 12.3. The molecule has 0 saturated heterocycles. The van der Waals surface area contributed by atoms with Crippen molar-refractivity contribution in [2.75, 3.05) is 0 Å². The predicted molar refractivity (Wildman–Crippen MR) is 43.4 cm³/mol. The number of rotatable bonds is 3. The van der Waals surface area contributed by atoms with E-state index in [1.807, 2.05) is 0 Å². The summed E-state index contributed by atoms with van der Waals surface area (Å²) in [6.07, 6.45) is -3.14. The molecule has 0 aliphatic rings. The van der Waals surface area contributed by atoms with E-state index >= 15 is 0 Å². The van der Waals surface area contributed by atoms with Crippen LogP contribution in [0, 0.1) is 10.1 Å². The van der Waals surface area contributed by atoms with Crippen molar-refractivity contribution < 1.29 is 23.9 Å². The highest BCUT2D eigenvalue weighted by atomic mass is 19.3. The van der Waals surface area contributed by atoms with Gasteiger partial charge in [0.25, 0.3) is 5.69 Å². The lowest BCUT2D eigenvalue weighted by Crippen LogP contribution is -2.01. The summed E-state index contributed by atoms with van der Waals surface area (Å²) in [5, 5.41) is 28.1. The molecule has 1 heterocycles. The molecule has 15 heavy (non-hydrogen) atoms. The minimum atomic E-state index is -3.14. The zero-order valence-corrected chi connectivity index (χ0v) is 7.22. The Bertz CT molecular complexity index is 397. The number of aromatic hydroxyl groups is 1. The van der Waals surface area contributed by atoms with E-state index in [1.54, 1.807) is 0 Å². The minimum absolute atomic E-state index is 0.355. The molecule has 0 spiro atoms. The molecular formula is C7H6F2N2O4. The maximum absolute atomic E-state index is 12.3. The lowest BCUT2D eigenvalue weighted by Gasteiger charge is -2.03. The Morgan fingerprint density at radius 1 is 1.60 bits per heavy atom. The molecule has 1 rings (SSSR count). The summed E-state index contributed by atoms with van der Waals surface area (Å²) in [7, 11) is 0. The predicted octanol–water partition coefficient (Wildman–Crippen LogP) is 1.13. The number of nitro groups is 1. The van der Waals surface area contributed by atoms with E-state index in [4.69, 9.17) is 10.2 Å². The van der Waals surface area contributed by atoms with Crippen LogP contribution in [0.5, 0.6) is 5.75 Å². The van der Waals surface area contributed by atoms with Crippen molar-refractivity contribution in [1.29, 1.82) is 0 Å². The molecule has 1 aromatic rings. The zero-order valence-electron chi connectivity index (χ0n) is 7.22. The third-order valence-electron chi connectivity index (χ3n) is 1.65. The van der Waals surface area contributed by atoms with Crippen LogP contribution < -0.4 is 0 Å². The second-order valence-corrected chi connectivity index (χ2v) is 2.59. The van der Waals surface area contributed by atoms with E-state index in [2.05, 4.69) is 4.98 Å². The number of aliphatic hydroxyl groups is 1. The van der Waals surface area contributed by atoms with Crippen molar-refractivity contribution in [2.45, 2.75) is 13.0 Å². The third-order valence-corrected chi connectivity index (χ3v) is 1.65. The van der Waals surface area contributed by atoms with Crippen LogP contribution >= 0.6 is 0 Å². The van der Waals surface area contributed by atoms with E-state index in [1.165, 1.54) is 0 Å². The van der Waals surface area contributed by atoms with Gasteiger partial charge in [0, 0.05) is 11.6 Å². The number of aromatic nitrogens is 1. The summed E-state index contributed by atoms with van der Waals surface area (Å²) in [4.78, 5) is 12.3. The molecule has 8 heteroatoms. The van der Waals surface area contributed by atoms with Crippen molar-refractivity contribution in [3.63, 3.8) is 0 Å². The van der Waals surface area contributed by atoms with Crippen molar-refractivity contribution in [1.82, 2.24) is 4.98 Å². The maximum Gasteiger partial charge on any atom is 0.364 e. The fourth-order valence-corrected chi connectivity index (χ4v) is 0.964. The molecular weight excluding hydrogens is 214 g/mol. The van der Waals surface area contributed by atoms with E-state index in [0.29, 0.717) is 0 Å². The van der Waals surface area contributed by atoms with Crippen LogP contribution in [0.3, 0.4) is 0 Å². The lowest BCUT2D eigenvalue weighted by molar-refractivity contribution is -0.389. The van der Waals surface area contributed by atoms with Gasteiger partial charge in [0.05, 0.1) is 6.61 Å². The lowest BCUT2D eigenvalue weighted by atomic mass is 10.2. The van der Waals surface area contributed by atoms with Gasteiger partial charge in [0.2, 0.25) is 0 Å². The molecule has 1 aromatic heterocycles. The molecule has 0 unspecified atom stereocenters. The molecule has 0 amide bonds. The highest BCUT2D eigenvalue weighted by Gasteiger charge is 2.26. The van der Waals surface area contributed by atoms with Crippen LogP contribution in [0.4, 0.5) is 14.6 Å². The van der Waals surface area contributed by atoms with Crippen LogP contribution in [0.25, 0.3) is 0 Å². The van der Waals surface area contributed by atoms with Crippen LogP contribution in [-0.4, -0.2) is 20.1 Å². The van der Waals surface area contributed by atoms with E-state index in [0.717, 1.165) is 6.07 Å². The van der Waals surface area contributed by atoms with E-state index in [9.17, 15) is 18.9 Å². The first kappa shape index (κ1) is 11.2. The van der Waals surface area contributed by atoms with Crippen molar-refractivity contribution in [2.24, 2.45) is 0 Å². The molecule has 0 aliphatic carbocycles. The highest BCUT2D eigenvalue weighted by Crippen LogP contribution is 2.31. The SMILES string of the molecule is O=[N+]([O-])c1cc(CO)c(O)c(C(F)F)n1. The molecule has 0 fully saturated rings. The van der Waals surface area contributed by atoms with Gasteiger partial charge < -0.3 is 20.3 Å². The van der Waals surface area contributed by atoms with Crippen LogP contribution in [-0.2, 0) is 6.61 Å². The van der Waals surface area contributed by atoms with E-state index in [-0.39, 0.29) is 5.56 Å². The molecule has 0 aromatic carbocycles. The van der Waals surface area contributed by atoms with Gasteiger partial charge in [-0.3, -0.25) is 0 Å². The monoisotopic (exact) mass is 220 g/mol. The second kappa shape index (κ2) is 4.13. The van der Waals surface area contributed by atoms with Gasteiger partial charge >= 0.3 is 12.2 Å². The number of hydrogen-bond acceptors (Lipinski definition) is 5. The Kier molecular flexibility index (Phi) is 3.10. The third kappa shape index (κ3) is 2.15. The Labute approximate surface area is 82.0 Å². The van der Waals surface area contributed by atoms with E-state index < -0.39 is 35.2 Å². The fraction of sp³-hybridized carbons (Fsp3) is 0.286. The number of pyridine rings is 1. The van der Waals surface area contributed by atoms with Gasteiger partial charge in [-0.15, -0.1) is 0 Å². The summed E-state index contributed by atoms with van der Waals surface area (Å²) in [6.45, 7) is -0.783. The Morgan fingerprint density at radius 2 is 2.20 bits per heavy atom. The number of alkyl halides is 2. The van der Waals surface area contributed by atoms with Gasteiger partial charge in [-0.05, 0) is 9.91 Å². The van der Waals surface area contributed by atoms with Gasteiger partial charge in [-0.2, -0.15) is 0 Å². The highest BCUT2D eigenvalue weighted by molar-refractivity contribution is 5.42. The molecule has 0 bridgehead atoms. The summed E-state index contributed by atoms with van der Waals surface area (Å²) in [5.41, 5.74) is -1.46. The molecule has 0 radical (unpaired) electrons. The summed E-state index contributed by atoms with van der Waals surface area (Å²) in [6, 6.07) is 0.737. The zero-order chi connectivity index (χ0) is 11.6. The topological polar surface area (TPSA) is 96.5 Å². The van der Waals surface area contributed by atoms with Gasteiger partial charge in [0.15, 0.2) is 5.75 Å². The van der Waals surface area contributed by atoms with Crippen LogP contribution in [0.1, 0.15) is 17.7 Å². The fourth-order valence-electron chi connectivity index (χ4n) is 0.964. The van der Waals surface area contributed by atoms with Crippen molar-refractivity contribution in [3.8, 4) is 5.75 Å². The quantitative estimate of drug-likeness (QED) is 0.587. The van der Waals surface area contributed by atoms with Crippen LogP contribution in [0.15, 0.2) is 6.07 Å². The summed E-state index contributed by atoms with van der Waals surface area (Å²) in [5.74, 6) is -1.76. The van der Waals surface area contributed by atoms with Gasteiger partial charge in [0.1, 0.15) is 0 Å². The molecule has 0 saturated carbocycles. The van der Waals surface area contributed by atoms with Crippen molar-refractivity contribution in [3.05, 3.63) is 27.4 Å². The average molecular weight is 220 g/mol. The second-order valence-electron chi connectivity index (χ2n) is 2.59. The standard InChI is InChI=1S/C7H6F2N2O4/c8-7(9)5-6(13)3(2-12)1-4(10-5)11(14)15/h1,7,12-13H,2H2. The first-order chi connectivity index (χ1) is 6.97. The van der Waals surface area contributed by atoms with Crippen LogP contribution in [0.2, 0.25) is 0 Å². The normalized spacial score (nSPS) is 10.7. The Morgan fingerprint density at radius 3 is 2.60 bits per heavy atom. The van der Waals surface area contributed by atoms with Gasteiger partial charge in [-0.25, -0.2) is 8.78 Å². The first-order valence-corrected chi connectivity index (χ1v) is 3.73. The number of hydrogen-bond donors (Lipinski definition) is 2. The smallest absolute Gasteiger partial charge is 0.364 e. The number of halogens is 2. The Hall–Kier alpha value is -1.83. The molecule has 82 valence electrons. The van der Waals surface area contributed by atoms with Crippen molar-refractivity contribution >= 4 is 5.82 Å². The average Bonchev–Trinajstić information content (AvgIpc) is 2.17. The molecule has 0 aliphatic heterocycles. The molecule has 0 atom stereocenters. The number of aliphatic hydroxyl groups excluding tert-OH is 1. The van der Waals surface area contributed by atoms with Gasteiger partial charge in [-0.1, -0.05) is 0 Å². The molecule has 6 nitrogen and oxygen atoms in total. The number of nitrogens with zero attached hydrogens (tertiary/aromatic N) is 2. The summed E-state index contributed by atoms with van der Waals surface area (Å²) < 4.78 is 24.5. The first-order valence-electron chi connectivity index (χ1n) is 3.73. The largest absolute Gasteiger partial charge is 0.504 e. The molecule has 2 N–H and O–H groups in total. The minimum Gasteiger partial charge on any atom is -0.504 e. The Balaban J connectivity index is 3.38. The summed E-state index contributed by atoms with van der Waals surface area (Å²) >= 11 is 0.